The molecule has 1 aliphatic carbocycles. The second-order valence-electron chi connectivity index (χ2n) is 14.5. The molecule has 1 aliphatic heterocycles. The number of aromatic nitrogens is 3. The summed E-state index contributed by atoms with van der Waals surface area (Å²) in [6.45, 7) is 0. The lowest BCUT2D eigenvalue weighted by atomic mass is 9.65. The van der Waals surface area contributed by atoms with Gasteiger partial charge in [-0.25, -0.2) is 15.0 Å². The molecule has 0 amide bonds. The van der Waals surface area contributed by atoms with Crippen molar-refractivity contribution in [2.24, 2.45) is 0 Å². The van der Waals surface area contributed by atoms with Crippen LogP contribution in [0.4, 0.5) is 5.69 Å². The Morgan fingerprint density at radius 2 is 0.667 bits per heavy atom. The molecular formula is C52H34N4O. The van der Waals surface area contributed by atoms with Crippen molar-refractivity contribution in [1.29, 1.82) is 0 Å². The van der Waals surface area contributed by atoms with Crippen LogP contribution in [0.25, 0.3) is 67.5 Å². The van der Waals surface area contributed by atoms with Crippen LogP contribution in [0.15, 0.2) is 194 Å². The molecular weight excluding hydrogens is 697 g/mol. The summed E-state index contributed by atoms with van der Waals surface area (Å²) in [5.74, 6) is 3.56. The molecule has 8 aromatic carbocycles. The normalized spacial score (nSPS) is 12.9. The maximum absolute atomic E-state index is 7.28. The standard InChI is InChI=1S/C52H34N4O/c53-38-31-29-34(30-32-38)40-20-12-24-46-48(40)57-47-39(19-11-23-45(47)52(46)43-21-9-7-17-41(43)42-18-8-10-22-44(42)52)33-25-27-37(28-26-33)51-55-49(35-13-3-1-4-14-35)54-50(56-51)36-15-5-2-6-16-36/h1-32H,53H2. The van der Waals surface area contributed by atoms with Crippen LogP contribution in [-0.2, 0) is 5.41 Å². The molecule has 2 heterocycles. The van der Waals surface area contributed by atoms with Crippen molar-refractivity contribution < 1.29 is 4.74 Å². The number of nitrogen functional groups attached to an aromatic ring is 1. The number of anilines is 1. The van der Waals surface area contributed by atoms with Gasteiger partial charge in [0.25, 0.3) is 0 Å². The lowest BCUT2D eigenvalue weighted by molar-refractivity contribution is 0.440. The van der Waals surface area contributed by atoms with E-state index in [2.05, 4.69) is 121 Å². The third kappa shape index (κ3) is 5.13. The number of nitrogens with two attached hydrogens (primary N) is 1. The number of rotatable bonds is 5. The zero-order valence-electron chi connectivity index (χ0n) is 30.8. The Morgan fingerprint density at radius 3 is 1.14 bits per heavy atom. The Bertz CT molecular complexity index is 2880. The minimum absolute atomic E-state index is 0.609. The number of fused-ring (bicyclic) bond motifs is 9. The van der Waals surface area contributed by atoms with E-state index in [1.807, 2.05) is 72.8 Å². The number of nitrogens with zero attached hydrogens (tertiary/aromatic N) is 3. The fourth-order valence-corrected chi connectivity index (χ4v) is 8.80. The molecule has 0 atom stereocenters. The molecule has 268 valence electrons. The third-order valence-corrected chi connectivity index (χ3v) is 11.4. The van der Waals surface area contributed by atoms with Gasteiger partial charge in [0.1, 0.15) is 11.5 Å². The highest BCUT2D eigenvalue weighted by molar-refractivity contribution is 5.92. The first-order chi connectivity index (χ1) is 28.2. The van der Waals surface area contributed by atoms with Gasteiger partial charge in [-0.2, -0.15) is 0 Å². The average Bonchev–Trinajstić information content (AvgIpc) is 3.57. The van der Waals surface area contributed by atoms with Crippen molar-refractivity contribution in [3.8, 4) is 79.0 Å². The monoisotopic (exact) mass is 730 g/mol. The molecule has 2 aliphatic rings. The summed E-state index contributed by atoms with van der Waals surface area (Å²) in [7, 11) is 0. The summed E-state index contributed by atoms with van der Waals surface area (Å²) in [5, 5.41) is 0. The summed E-state index contributed by atoms with van der Waals surface area (Å²) >= 11 is 0. The first-order valence-electron chi connectivity index (χ1n) is 19.1. The molecule has 2 N–H and O–H groups in total. The van der Waals surface area contributed by atoms with Crippen LogP contribution in [0.5, 0.6) is 11.5 Å². The molecule has 9 aromatic rings. The van der Waals surface area contributed by atoms with Crippen LogP contribution >= 0.6 is 0 Å². The molecule has 1 aromatic heterocycles. The van der Waals surface area contributed by atoms with Gasteiger partial charge in [0, 0.05) is 44.6 Å². The molecule has 0 radical (unpaired) electrons. The highest BCUT2D eigenvalue weighted by Crippen LogP contribution is 2.64. The Labute approximate surface area is 330 Å². The predicted octanol–water partition coefficient (Wildman–Crippen LogP) is 12.3. The van der Waals surface area contributed by atoms with Crippen LogP contribution in [0.1, 0.15) is 22.3 Å². The van der Waals surface area contributed by atoms with Gasteiger partial charge < -0.3 is 10.5 Å². The summed E-state index contributed by atoms with van der Waals surface area (Å²) in [6, 6.07) is 67.4. The molecule has 5 nitrogen and oxygen atoms in total. The maximum Gasteiger partial charge on any atom is 0.164 e. The van der Waals surface area contributed by atoms with Crippen molar-refractivity contribution >= 4 is 5.69 Å². The molecule has 11 rings (SSSR count). The van der Waals surface area contributed by atoms with E-state index in [0.717, 1.165) is 67.3 Å². The number of hydrogen-bond acceptors (Lipinski definition) is 5. The molecule has 0 fully saturated rings. The minimum Gasteiger partial charge on any atom is -0.455 e. The number of hydrogen-bond donors (Lipinski definition) is 1. The lowest BCUT2D eigenvalue weighted by Crippen LogP contribution is -2.32. The van der Waals surface area contributed by atoms with Gasteiger partial charge in [0.15, 0.2) is 17.5 Å². The molecule has 5 heteroatoms. The van der Waals surface area contributed by atoms with Crippen molar-refractivity contribution in [3.05, 3.63) is 216 Å². The van der Waals surface area contributed by atoms with E-state index < -0.39 is 5.41 Å². The van der Waals surface area contributed by atoms with Gasteiger partial charge in [-0.05, 0) is 45.5 Å². The fourth-order valence-electron chi connectivity index (χ4n) is 8.80. The Hall–Kier alpha value is -7.63. The number of benzene rings is 8. The Kier molecular flexibility index (Phi) is 7.47. The van der Waals surface area contributed by atoms with E-state index in [1.165, 1.54) is 22.3 Å². The van der Waals surface area contributed by atoms with E-state index in [9.17, 15) is 0 Å². The van der Waals surface area contributed by atoms with Crippen molar-refractivity contribution in [2.45, 2.75) is 5.41 Å². The first kappa shape index (κ1) is 32.8. The molecule has 0 bridgehead atoms. The van der Waals surface area contributed by atoms with E-state index in [-0.39, 0.29) is 0 Å². The second kappa shape index (κ2) is 13.0. The van der Waals surface area contributed by atoms with E-state index in [4.69, 9.17) is 25.4 Å². The van der Waals surface area contributed by atoms with E-state index in [1.54, 1.807) is 0 Å². The lowest BCUT2D eigenvalue weighted by Gasteiger charge is -2.40. The SMILES string of the molecule is Nc1ccc(-c2cccc3c2Oc2c(-c4ccc(-c5nc(-c6ccccc6)nc(-c6ccccc6)n5)cc4)cccc2C32c3ccccc3-c3ccccc32)cc1. The zero-order valence-corrected chi connectivity index (χ0v) is 30.8. The van der Waals surface area contributed by atoms with Crippen LogP contribution in [0.3, 0.4) is 0 Å². The fraction of sp³-hybridized carbons (Fsp3) is 0.0192. The highest BCUT2D eigenvalue weighted by atomic mass is 16.5. The van der Waals surface area contributed by atoms with Crippen molar-refractivity contribution in [2.75, 3.05) is 5.73 Å². The summed E-state index contributed by atoms with van der Waals surface area (Å²) in [4.78, 5) is 14.8. The molecule has 0 unspecified atom stereocenters. The summed E-state index contributed by atoms with van der Waals surface area (Å²) in [5.41, 5.74) is 20.3. The maximum atomic E-state index is 7.28. The number of para-hydroxylation sites is 2. The van der Waals surface area contributed by atoms with Crippen molar-refractivity contribution in [1.82, 2.24) is 15.0 Å². The van der Waals surface area contributed by atoms with E-state index >= 15 is 0 Å². The van der Waals surface area contributed by atoms with Crippen LogP contribution < -0.4 is 10.5 Å². The van der Waals surface area contributed by atoms with Crippen molar-refractivity contribution in [3.63, 3.8) is 0 Å². The first-order valence-corrected chi connectivity index (χ1v) is 19.1. The molecule has 1 spiro atoms. The van der Waals surface area contributed by atoms with Crippen LogP contribution in [0, 0.1) is 0 Å². The average molecular weight is 731 g/mol. The summed E-state index contributed by atoms with van der Waals surface area (Å²) < 4.78 is 7.28. The molecule has 57 heavy (non-hydrogen) atoms. The largest absolute Gasteiger partial charge is 0.455 e. The highest BCUT2D eigenvalue weighted by Gasteiger charge is 2.51. The number of ether oxygens (including phenoxy) is 1. The third-order valence-electron chi connectivity index (χ3n) is 11.4. The van der Waals surface area contributed by atoms with Crippen LogP contribution in [0.2, 0.25) is 0 Å². The molecule has 0 saturated heterocycles. The van der Waals surface area contributed by atoms with E-state index in [0.29, 0.717) is 17.5 Å². The second-order valence-corrected chi connectivity index (χ2v) is 14.5. The summed E-state index contributed by atoms with van der Waals surface area (Å²) in [6.07, 6.45) is 0. The predicted molar refractivity (Wildman–Crippen MR) is 229 cm³/mol. The van der Waals surface area contributed by atoms with Gasteiger partial charge >= 0.3 is 0 Å². The quantitative estimate of drug-likeness (QED) is 0.178. The van der Waals surface area contributed by atoms with Gasteiger partial charge in [0.2, 0.25) is 0 Å². The van der Waals surface area contributed by atoms with Gasteiger partial charge in [0.05, 0.1) is 5.41 Å². The minimum atomic E-state index is -0.609. The smallest absolute Gasteiger partial charge is 0.164 e. The Morgan fingerprint density at radius 1 is 0.316 bits per heavy atom. The topological polar surface area (TPSA) is 73.9 Å². The van der Waals surface area contributed by atoms with Gasteiger partial charge in [-0.1, -0.05) is 182 Å². The Balaban J connectivity index is 1.10. The van der Waals surface area contributed by atoms with Gasteiger partial charge in [-0.15, -0.1) is 0 Å². The van der Waals surface area contributed by atoms with Crippen LogP contribution in [-0.4, -0.2) is 15.0 Å². The zero-order chi connectivity index (χ0) is 37.9. The van der Waals surface area contributed by atoms with Gasteiger partial charge in [-0.3, -0.25) is 0 Å². The molecule has 0 saturated carbocycles.